The molecular weight excluding hydrogens is 256 g/mol. The summed E-state index contributed by atoms with van der Waals surface area (Å²) in [6.45, 7) is 8.14. The van der Waals surface area contributed by atoms with Gasteiger partial charge in [-0.2, -0.15) is 5.10 Å². The number of hydrogen-bond acceptors (Lipinski definition) is 4. The van der Waals surface area contributed by atoms with Crippen molar-refractivity contribution in [3.63, 3.8) is 0 Å². The third-order valence-electron chi connectivity index (χ3n) is 3.90. The summed E-state index contributed by atoms with van der Waals surface area (Å²) in [6, 6.07) is 0. The summed E-state index contributed by atoms with van der Waals surface area (Å²) in [5.41, 5.74) is 8.18. The first kappa shape index (κ1) is 14.8. The van der Waals surface area contributed by atoms with Gasteiger partial charge >= 0.3 is 0 Å². The Morgan fingerprint density at radius 2 is 2.30 bits per heavy atom. The van der Waals surface area contributed by atoms with E-state index in [1.807, 2.05) is 25.7 Å². The van der Waals surface area contributed by atoms with Gasteiger partial charge in [-0.3, -0.25) is 9.48 Å². The first-order valence-electron chi connectivity index (χ1n) is 7.21. The summed E-state index contributed by atoms with van der Waals surface area (Å²) in [5.74, 6) is 0.0635. The van der Waals surface area contributed by atoms with Crippen LogP contribution in [-0.4, -0.2) is 46.4 Å². The maximum Gasteiger partial charge on any atom is 0.244 e. The number of anilines is 1. The molecule has 6 nitrogen and oxygen atoms in total. The topological polar surface area (TPSA) is 73.4 Å². The average Bonchev–Trinajstić information content (AvgIpc) is 3.01. The summed E-state index contributed by atoms with van der Waals surface area (Å²) in [4.78, 5) is 14.2. The molecule has 1 amide bonds. The van der Waals surface area contributed by atoms with Crippen molar-refractivity contribution in [1.29, 1.82) is 0 Å². The van der Waals surface area contributed by atoms with E-state index in [2.05, 4.69) is 5.10 Å². The highest BCUT2D eigenvalue weighted by Gasteiger charge is 2.22. The molecule has 0 radical (unpaired) electrons. The molecule has 1 atom stereocenters. The maximum atomic E-state index is 12.4. The molecule has 0 aromatic carbocycles. The predicted octanol–water partition coefficient (Wildman–Crippen LogP) is 1.11. The van der Waals surface area contributed by atoms with E-state index >= 15 is 0 Å². The van der Waals surface area contributed by atoms with Crippen LogP contribution in [0.2, 0.25) is 0 Å². The van der Waals surface area contributed by atoms with E-state index in [1.54, 1.807) is 4.68 Å². The lowest BCUT2D eigenvalue weighted by Crippen LogP contribution is -2.39. The van der Waals surface area contributed by atoms with Crippen LogP contribution in [0.5, 0.6) is 0 Å². The van der Waals surface area contributed by atoms with Crippen molar-refractivity contribution in [2.24, 2.45) is 0 Å². The van der Waals surface area contributed by atoms with Crippen molar-refractivity contribution in [3.05, 3.63) is 11.4 Å². The van der Waals surface area contributed by atoms with E-state index < -0.39 is 0 Å². The fourth-order valence-corrected chi connectivity index (χ4v) is 2.53. The van der Waals surface area contributed by atoms with Crippen molar-refractivity contribution >= 4 is 11.6 Å². The fraction of sp³-hybridized carbons (Fsp3) is 0.714. The van der Waals surface area contributed by atoms with Crippen LogP contribution in [0.25, 0.3) is 0 Å². The summed E-state index contributed by atoms with van der Waals surface area (Å²) in [7, 11) is 0. The molecule has 2 N–H and O–H groups in total. The van der Waals surface area contributed by atoms with Crippen LogP contribution in [0.4, 0.5) is 5.69 Å². The minimum absolute atomic E-state index is 0.0635. The van der Waals surface area contributed by atoms with E-state index in [0.717, 1.165) is 30.8 Å². The summed E-state index contributed by atoms with van der Waals surface area (Å²) < 4.78 is 7.28. The first-order valence-corrected chi connectivity index (χ1v) is 7.21. The highest BCUT2D eigenvalue weighted by molar-refractivity contribution is 5.76. The molecule has 1 aromatic heterocycles. The Balaban J connectivity index is 1.99. The molecule has 0 saturated carbocycles. The Labute approximate surface area is 119 Å². The number of aryl methyl sites for hydroxylation is 1. The monoisotopic (exact) mass is 280 g/mol. The number of aromatic nitrogens is 2. The smallest absolute Gasteiger partial charge is 0.244 e. The van der Waals surface area contributed by atoms with Gasteiger partial charge in [0.15, 0.2) is 0 Å². The molecule has 0 aliphatic carbocycles. The summed E-state index contributed by atoms with van der Waals surface area (Å²) in [6.07, 6.45) is 2.31. The molecule has 2 heterocycles. The molecule has 1 unspecified atom stereocenters. The van der Waals surface area contributed by atoms with Gasteiger partial charge in [0, 0.05) is 19.7 Å². The first-order chi connectivity index (χ1) is 9.52. The number of rotatable bonds is 5. The fourth-order valence-electron chi connectivity index (χ4n) is 2.53. The van der Waals surface area contributed by atoms with Crippen LogP contribution in [0.15, 0.2) is 0 Å². The zero-order valence-corrected chi connectivity index (χ0v) is 12.6. The molecule has 1 fully saturated rings. The van der Waals surface area contributed by atoms with Gasteiger partial charge in [-0.25, -0.2) is 0 Å². The molecule has 1 saturated heterocycles. The molecule has 112 valence electrons. The molecule has 0 spiro atoms. The van der Waals surface area contributed by atoms with Gasteiger partial charge in [0.1, 0.15) is 6.54 Å². The number of nitrogen functional groups attached to an aromatic ring is 1. The standard InChI is InChI=1S/C14H24N4O2/c1-4-17(8-12-6-5-7-20-12)13(19)9-18-11(3)14(15)10(2)16-18/h12H,4-9,15H2,1-3H3. The minimum Gasteiger partial charge on any atom is -0.396 e. The Morgan fingerprint density at radius 1 is 1.55 bits per heavy atom. The normalized spacial score (nSPS) is 18.4. The van der Waals surface area contributed by atoms with Crippen LogP contribution < -0.4 is 5.73 Å². The Kier molecular flexibility index (Phi) is 4.65. The number of hydrogen-bond donors (Lipinski definition) is 1. The Morgan fingerprint density at radius 3 is 2.80 bits per heavy atom. The molecule has 1 aliphatic rings. The van der Waals surface area contributed by atoms with E-state index in [0.29, 0.717) is 18.8 Å². The van der Waals surface area contributed by atoms with Crippen LogP contribution in [0, 0.1) is 13.8 Å². The number of ether oxygens (including phenoxy) is 1. The van der Waals surface area contributed by atoms with Gasteiger partial charge in [0.2, 0.25) is 5.91 Å². The zero-order chi connectivity index (χ0) is 14.7. The lowest BCUT2D eigenvalue weighted by Gasteiger charge is -2.24. The molecule has 6 heteroatoms. The second-order valence-electron chi connectivity index (χ2n) is 5.31. The number of nitrogens with zero attached hydrogens (tertiary/aromatic N) is 3. The number of amides is 1. The summed E-state index contributed by atoms with van der Waals surface area (Å²) in [5, 5.41) is 4.31. The van der Waals surface area contributed by atoms with E-state index in [4.69, 9.17) is 10.5 Å². The molecular formula is C14H24N4O2. The molecule has 1 aliphatic heterocycles. The Bertz CT molecular complexity index is 478. The second kappa shape index (κ2) is 6.26. The zero-order valence-electron chi connectivity index (χ0n) is 12.6. The largest absolute Gasteiger partial charge is 0.396 e. The van der Waals surface area contributed by atoms with Gasteiger partial charge in [-0.1, -0.05) is 0 Å². The third-order valence-corrected chi connectivity index (χ3v) is 3.90. The second-order valence-corrected chi connectivity index (χ2v) is 5.31. The van der Waals surface area contributed by atoms with Crippen LogP contribution in [0.1, 0.15) is 31.2 Å². The SMILES string of the molecule is CCN(CC1CCCO1)C(=O)Cn1nc(C)c(N)c1C. The lowest BCUT2D eigenvalue weighted by atomic mass is 10.2. The van der Waals surface area contributed by atoms with E-state index in [-0.39, 0.29) is 18.6 Å². The minimum atomic E-state index is 0.0635. The number of carbonyl (C=O) groups excluding carboxylic acids is 1. The number of carbonyl (C=O) groups is 1. The van der Waals surface area contributed by atoms with Gasteiger partial charge in [-0.05, 0) is 33.6 Å². The lowest BCUT2D eigenvalue weighted by molar-refractivity contribution is -0.133. The average molecular weight is 280 g/mol. The van der Waals surface area contributed by atoms with Crippen LogP contribution >= 0.6 is 0 Å². The van der Waals surface area contributed by atoms with Gasteiger partial charge in [-0.15, -0.1) is 0 Å². The summed E-state index contributed by atoms with van der Waals surface area (Å²) >= 11 is 0. The van der Waals surface area contributed by atoms with Crippen molar-refractivity contribution < 1.29 is 9.53 Å². The third kappa shape index (κ3) is 3.12. The predicted molar refractivity (Wildman–Crippen MR) is 77.3 cm³/mol. The van der Waals surface area contributed by atoms with E-state index in [1.165, 1.54) is 0 Å². The van der Waals surface area contributed by atoms with Crippen LogP contribution in [-0.2, 0) is 16.1 Å². The maximum absolute atomic E-state index is 12.4. The number of likely N-dealkylation sites (N-methyl/N-ethyl adjacent to an activating group) is 1. The molecule has 1 aromatic rings. The number of nitrogens with two attached hydrogens (primary N) is 1. The molecule has 0 bridgehead atoms. The van der Waals surface area contributed by atoms with Crippen molar-refractivity contribution in [2.45, 2.75) is 46.3 Å². The quantitative estimate of drug-likeness (QED) is 0.877. The van der Waals surface area contributed by atoms with E-state index in [9.17, 15) is 4.79 Å². The van der Waals surface area contributed by atoms with Gasteiger partial charge in [0.05, 0.1) is 23.2 Å². The highest BCUT2D eigenvalue weighted by Crippen LogP contribution is 2.16. The van der Waals surface area contributed by atoms with Crippen molar-refractivity contribution in [2.75, 3.05) is 25.4 Å². The van der Waals surface area contributed by atoms with Gasteiger partial charge < -0.3 is 15.4 Å². The highest BCUT2D eigenvalue weighted by atomic mass is 16.5. The van der Waals surface area contributed by atoms with Crippen LogP contribution in [0.3, 0.4) is 0 Å². The molecule has 2 rings (SSSR count). The Hall–Kier alpha value is -1.56. The molecule has 20 heavy (non-hydrogen) atoms. The van der Waals surface area contributed by atoms with Gasteiger partial charge in [0.25, 0.3) is 0 Å². The van der Waals surface area contributed by atoms with Crippen molar-refractivity contribution in [3.8, 4) is 0 Å². The van der Waals surface area contributed by atoms with Crippen molar-refractivity contribution in [1.82, 2.24) is 14.7 Å².